The van der Waals surface area contributed by atoms with Gasteiger partial charge in [-0.05, 0) is 24.3 Å². The first-order valence-electron chi connectivity index (χ1n) is 6.29. The molecule has 0 fully saturated rings. The first kappa shape index (κ1) is 24.3. The predicted molar refractivity (Wildman–Crippen MR) is 80.8 cm³/mol. The van der Waals surface area contributed by atoms with Gasteiger partial charge in [0.25, 0.3) is 0 Å². The molecule has 0 spiro atoms. The van der Waals surface area contributed by atoms with Gasteiger partial charge in [0.1, 0.15) is 0 Å². The van der Waals surface area contributed by atoms with Crippen molar-refractivity contribution in [1.82, 2.24) is 5.32 Å². The van der Waals surface area contributed by atoms with Crippen LogP contribution in [0.1, 0.15) is 54.9 Å². The maximum atomic E-state index is 3.77. The highest BCUT2D eigenvalue weighted by molar-refractivity contribution is 5.33. The number of hydrogen-bond donors (Lipinski definition) is 1. The summed E-state index contributed by atoms with van der Waals surface area (Å²) < 4.78 is 0. The lowest BCUT2D eigenvalue weighted by Crippen LogP contribution is -1.94. The fraction of sp³-hybridized carbons (Fsp3) is 0.600. The zero-order valence-electron chi connectivity index (χ0n) is 12.8. The van der Waals surface area contributed by atoms with E-state index in [1.54, 1.807) is 6.08 Å². The van der Waals surface area contributed by atoms with E-state index in [2.05, 4.69) is 32.3 Å². The predicted octanol–water partition coefficient (Wildman–Crippen LogP) is 5.32. The minimum absolute atomic E-state index is 0.962. The third-order valence-electron chi connectivity index (χ3n) is 1.11. The molecule has 1 heteroatoms. The van der Waals surface area contributed by atoms with Crippen molar-refractivity contribution in [3.8, 4) is 0 Å². The molecule has 0 bridgehead atoms. The Morgan fingerprint density at radius 1 is 1.12 bits per heavy atom. The Labute approximate surface area is 104 Å². The molecule has 0 rings (SSSR count). The molecule has 0 unspecified atom stereocenters. The zero-order chi connectivity index (χ0) is 14.0. The molecule has 0 radical (unpaired) electrons. The van der Waals surface area contributed by atoms with Crippen molar-refractivity contribution in [2.24, 2.45) is 0 Å². The Hall–Kier alpha value is -0.980. The van der Waals surface area contributed by atoms with Crippen molar-refractivity contribution >= 4 is 0 Å². The second-order valence-corrected chi connectivity index (χ2v) is 2.55. The maximum absolute atomic E-state index is 3.77. The molecule has 0 aliphatic heterocycles. The molecule has 0 amide bonds. The molecule has 0 aliphatic rings. The molecule has 0 aromatic heterocycles. The number of hydrogen-bond acceptors (Lipinski definition) is 1. The normalized spacial score (nSPS) is 7.88. The zero-order valence-corrected chi connectivity index (χ0v) is 12.8. The fourth-order valence-electron chi connectivity index (χ4n) is 0.470. The van der Waals surface area contributed by atoms with Gasteiger partial charge >= 0.3 is 0 Å². The Morgan fingerprint density at radius 2 is 1.44 bits per heavy atom. The highest BCUT2D eigenvalue weighted by Gasteiger charge is 1.86. The van der Waals surface area contributed by atoms with Gasteiger partial charge in [0.2, 0.25) is 0 Å². The van der Waals surface area contributed by atoms with Crippen LogP contribution in [0.5, 0.6) is 0 Å². The third-order valence-corrected chi connectivity index (χ3v) is 1.11. The molecule has 0 atom stereocenters. The smallest absolute Gasteiger partial charge is 0.00278 e. The molecular weight excluding hydrogens is 194 g/mol. The van der Waals surface area contributed by atoms with Crippen LogP contribution in [0.3, 0.4) is 0 Å². The van der Waals surface area contributed by atoms with Crippen LogP contribution in [0.4, 0.5) is 0 Å². The largest absolute Gasteiger partial charge is 0.394 e. The SMILES string of the molecule is C=CC(=C)/C(C)=C\NC.CC.CC.CCC. The Kier molecular flexibility index (Phi) is 44.4. The van der Waals surface area contributed by atoms with Crippen LogP contribution in [-0.2, 0) is 0 Å². The van der Waals surface area contributed by atoms with Gasteiger partial charge in [-0.25, -0.2) is 0 Å². The standard InChI is InChI=1S/C8H13N.C3H8.2C2H6/c1-5-7(2)8(3)6-9-4;1-3-2;2*1-2/h5-6,9H,1-2H2,3-4H3;3H2,1-2H3;2*1-2H3/b8-6-;;;. The van der Waals surface area contributed by atoms with E-state index in [4.69, 9.17) is 0 Å². The molecule has 1 nitrogen and oxygen atoms in total. The number of rotatable bonds is 3. The van der Waals surface area contributed by atoms with Crippen molar-refractivity contribution in [1.29, 1.82) is 0 Å². The van der Waals surface area contributed by atoms with Crippen LogP contribution >= 0.6 is 0 Å². The van der Waals surface area contributed by atoms with Gasteiger partial charge in [-0.2, -0.15) is 0 Å². The topological polar surface area (TPSA) is 12.0 Å². The van der Waals surface area contributed by atoms with Gasteiger partial charge in [-0.15, -0.1) is 0 Å². The first-order valence-corrected chi connectivity index (χ1v) is 6.29. The van der Waals surface area contributed by atoms with E-state index in [-0.39, 0.29) is 0 Å². The van der Waals surface area contributed by atoms with E-state index in [0.717, 1.165) is 11.1 Å². The lowest BCUT2D eigenvalue weighted by atomic mass is 10.1. The minimum atomic E-state index is 0.962. The van der Waals surface area contributed by atoms with Crippen LogP contribution < -0.4 is 5.32 Å². The van der Waals surface area contributed by atoms with E-state index in [1.165, 1.54) is 6.42 Å². The Morgan fingerprint density at radius 3 is 1.62 bits per heavy atom. The highest BCUT2D eigenvalue weighted by Crippen LogP contribution is 2.04. The lowest BCUT2D eigenvalue weighted by molar-refractivity contribution is 1.08. The second kappa shape index (κ2) is 29.2. The van der Waals surface area contributed by atoms with Crippen LogP contribution in [0, 0.1) is 0 Å². The summed E-state index contributed by atoms with van der Waals surface area (Å²) in [4.78, 5) is 0. The summed E-state index contributed by atoms with van der Waals surface area (Å²) in [6.07, 6.45) is 4.88. The average Bonchev–Trinajstić information content (AvgIpc) is 2.34. The van der Waals surface area contributed by atoms with Gasteiger partial charge in [0.05, 0.1) is 0 Å². The van der Waals surface area contributed by atoms with Crippen LogP contribution in [0.25, 0.3) is 0 Å². The molecule has 0 aliphatic carbocycles. The summed E-state index contributed by atoms with van der Waals surface area (Å²) in [7, 11) is 1.86. The van der Waals surface area contributed by atoms with Gasteiger partial charge < -0.3 is 5.32 Å². The summed E-state index contributed by atoms with van der Waals surface area (Å²) in [6, 6.07) is 0. The molecule has 98 valence electrons. The first-order chi connectivity index (χ1) is 7.63. The molecule has 16 heavy (non-hydrogen) atoms. The summed E-state index contributed by atoms with van der Waals surface area (Å²) >= 11 is 0. The fourth-order valence-corrected chi connectivity index (χ4v) is 0.470. The summed E-state index contributed by atoms with van der Waals surface area (Å²) in [5.74, 6) is 0. The van der Waals surface area contributed by atoms with Gasteiger partial charge in [-0.3, -0.25) is 0 Å². The second-order valence-electron chi connectivity index (χ2n) is 2.55. The summed E-state index contributed by atoms with van der Waals surface area (Å²) in [6.45, 7) is 21.6. The van der Waals surface area contributed by atoms with Crippen molar-refractivity contribution in [3.63, 3.8) is 0 Å². The van der Waals surface area contributed by atoms with E-state index < -0.39 is 0 Å². The van der Waals surface area contributed by atoms with Crippen molar-refractivity contribution in [3.05, 3.63) is 36.6 Å². The average molecular weight is 227 g/mol. The van der Waals surface area contributed by atoms with E-state index >= 15 is 0 Å². The molecule has 0 saturated carbocycles. The van der Waals surface area contributed by atoms with E-state index in [1.807, 2.05) is 47.9 Å². The van der Waals surface area contributed by atoms with Gasteiger partial charge in [0, 0.05) is 7.05 Å². The van der Waals surface area contributed by atoms with Crippen molar-refractivity contribution in [2.45, 2.75) is 54.9 Å². The van der Waals surface area contributed by atoms with Gasteiger partial charge in [0.15, 0.2) is 0 Å². The third kappa shape index (κ3) is 29.2. The molecule has 0 aromatic rings. The molecular formula is C15H33N. The highest BCUT2D eigenvalue weighted by atomic mass is 14.8. The molecule has 0 aromatic carbocycles. The number of allylic oxidation sites excluding steroid dienone is 3. The van der Waals surface area contributed by atoms with Crippen LogP contribution in [0.2, 0.25) is 0 Å². The summed E-state index contributed by atoms with van der Waals surface area (Å²) in [5.41, 5.74) is 2.08. The van der Waals surface area contributed by atoms with Crippen LogP contribution in [0.15, 0.2) is 36.6 Å². The lowest BCUT2D eigenvalue weighted by Gasteiger charge is -1.97. The molecule has 1 N–H and O–H groups in total. The Balaban J connectivity index is -0.0000000864. The van der Waals surface area contributed by atoms with Crippen molar-refractivity contribution in [2.75, 3.05) is 7.05 Å². The van der Waals surface area contributed by atoms with E-state index in [0.29, 0.717) is 0 Å². The van der Waals surface area contributed by atoms with Crippen molar-refractivity contribution < 1.29 is 0 Å². The van der Waals surface area contributed by atoms with Crippen LogP contribution in [-0.4, -0.2) is 7.05 Å². The summed E-state index contributed by atoms with van der Waals surface area (Å²) in [5, 5.41) is 2.91. The molecule has 0 heterocycles. The Bertz CT molecular complexity index is 155. The number of nitrogens with one attached hydrogen (secondary N) is 1. The quantitative estimate of drug-likeness (QED) is 0.643. The maximum Gasteiger partial charge on any atom is 0.00278 e. The van der Waals surface area contributed by atoms with Gasteiger partial charge in [-0.1, -0.05) is 67.2 Å². The monoisotopic (exact) mass is 227 g/mol. The minimum Gasteiger partial charge on any atom is -0.394 e. The molecule has 0 saturated heterocycles. The van der Waals surface area contributed by atoms with E-state index in [9.17, 15) is 0 Å².